The van der Waals surface area contributed by atoms with Crippen molar-refractivity contribution in [2.75, 3.05) is 0 Å². The van der Waals surface area contributed by atoms with Crippen LogP contribution in [0, 0.1) is 5.41 Å². The zero-order valence-corrected chi connectivity index (χ0v) is 9.06. The van der Waals surface area contributed by atoms with Crippen LogP contribution < -0.4 is 0 Å². The van der Waals surface area contributed by atoms with E-state index < -0.39 is 2.69 Å². The normalized spacial score (nSPS) is 14.2. The van der Waals surface area contributed by atoms with Gasteiger partial charge in [0.2, 0.25) is 0 Å². The fourth-order valence-corrected chi connectivity index (χ4v) is 0. The van der Waals surface area contributed by atoms with Crippen LogP contribution in [0.3, 0.4) is 0 Å². The molecule has 3 heteroatoms. The van der Waals surface area contributed by atoms with Crippen LogP contribution in [0.2, 0.25) is 0 Å². The predicted octanol–water partition coefficient (Wildman–Crippen LogP) is 3.71. The molecule has 0 fully saturated rings. The second kappa shape index (κ2) is 2.47. The summed E-state index contributed by atoms with van der Waals surface area (Å²) in [5.74, 6) is 0. The smallest absolute Gasteiger partial charge is 0.0934 e. The Morgan fingerprint density at radius 3 is 1.25 bits per heavy atom. The highest BCUT2D eigenvalue weighted by Gasteiger charge is 2.34. The van der Waals surface area contributed by atoms with Gasteiger partial charge >= 0.3 is 0 Å². The molecule has 0 aliphatic rings. The molecule has 0 saturated carbocycles. The van der Waals surface area contributed by atoms with Crippen molar-refractivity contribution in [1.82, 2.24) is 0 Å². The summed E-state index contributed by atoms with van der Waals surface area (Å²) in [5, 5.41) is 0. The molecule has 0 aliphatic heterocycles. The van der Waals surface area contributed by atoms with Gasteiger partial charge in [-0.15, -0.1) is 0 Å². The van der Waals surface area contributed by atoms with Crippen molar-refractivity contribution in [2.45, 2.75) is 23.5 Å². The third kappa shape index (κ3) is 2.70. The molecule has 0 aromatic heterocycles. The van der Waals surface area contributed by atoms with Crippen molar-refractivity contribution in [3.05, 3.63) is 0 Å². The zero-order chi connectivity index (χ0) is 7.00. The first-order valence-electron chi connectivity index (χ1n) is 2.32. The molecular weight excluding hydrogens is 255 g/mol. The fraction of sp³-hybridized carbons (Fsp3) is 1.00. The van der Waals surface area contributed by atoms with E-state index in [1.165, 1.54) is 0 Å². The van der Waals surface area contributed by atoms with Gasteiger partial charge in [0, 0.05) is 5.41 Å². The van der Waals surface area contributed by atoms with Gasteiger partial charge in [0.05, 0.1) is 0 Å². The maximum absolute atomic E-state index is 5.84. The minimum absolute atomic E-state index is 0.0363. The lowest BCUT2D eigenvalue weighted by atomic mass is 10.0. The first-order valence-corrected chi connectivity index (χ1v) is 4.28. The summed E-state index contributed by atoms with van der Waals surface area (Å²) in [4.78, 5) is 0. The third-order valence-corrected chi connectivity index (χ3v) is 3.80. The Labute approximate surface area is 72.2 Å². The van der Waals surface area contributed by atoms with E-state index in [4.69, 9.17) is 11.6 Å². The molecule has 0 amide bonds. The molecule has 0 radical (unpaired) electrons. The Kier molecular flexibility index (Phi) is 2.86. The number of halogens is 3. The quantitative estimate of drug-likeness (QED) is 0.585. The van der Waals surface area contributed by atoms with Crippen molar-refractivity contribution in [3.63, 3.8) is 0 Å². The maximum atomic E-state index is 5.84. The standard InChI is InChI=1S/C5H9Br2Cl/c1-4(2,3)5(6,7)8/h1-3H3. The van der Waals surface area contributed by atoms with E-state index in [0.717, 1.165) is 0 Å². The van der Waals surface area contributed by atoms with Gasteiger partial charge in [-0.05, 0) is 0 Å². The molecule has 0 nitrogen and oxygen atoms in total. The molecule has 0 spiro atoms. The van der Waals surface area contributed by atoms with Crippen LogP contribution >= 0.6 is 43.5 Å². The summed E-state index contributed by atoms with van der Waals surface area (Å²) in [5.41, 5.74) is 0.0363. The number of hydrogen-bond acceptors (Lipinski definition) is 0. The summed E-state index contributed by atoms with van der Waals surface area (Å²) in [6.07, 6.45) is 0. The molecule has 0 unspecified atom stereocenters. The van der Waals surface area contributed by atoms with Crippen LogP contribution in [0.15, 0.2) is 0 Å². The van der Waals surface area contributed by atoms with E-state index in [2.05, 4.69) is 31.9 Å². The lowest BCUT2D eigenvalue weighted by molar-refractivity contribution is 0.443. The zero-order valence-electron chi connectivity index (χ0n) is 5.13. The molecule has 0 aliphatic carbocycles. The van der Waals surface area contributed by atoms with Crippen LogP contribution in [0.5, 0.6) is 0 Å². The Balaban J connectivity index is 4.02. The first kappa shape index (κ1) is 9.25. The SMILES string of the molecule is CC(C)(C)C(Cl)(Br)Br. The molecular formula is C5H9Br2Cl. The molecule has 0 heterocycles. The molecule has 0 aromatic carbocycles. The number of rotatable bonds is 0. The second-order valence-corrected chi connectivity index (χ2v) is 7.67. The molecule has 0 bridgehead atoms. The summed E-state index contributed by atoms with van der Waals surface area (Å²) in [6, 6.07) is 0. The van der Waals surface area contributed by atoms with Crippen LogP contribution in [0.1, 0.15) is 20.8 Å². The van der Waals surface area contributed by atoms with Gasteiger partial charge in [0.15, 0.2) is 2.69 Å². The van der Waals surface area contributed by atoms with Crippen molar-refractivity contribution in [2.24, 2.45) is 5.41 Å². The summed E-state index contributed by atoms with van der Waals surface area (Å²) in [6.45, 7) is 6.14. The van der Waals surface area contributed by atoms with Crippen LogP contribution in [0.25, 0.3) is 0 Å². The summed E-state index contributed by atoms with van der Waals surface area (Å²) >= 11 is 12.4. The topological polar surface area (TPSA) is 0 Å². The Bertz CT molecular complexity index is 65.4. The first-order chi connectivity index (χ1) is 3.25. The average Bonchev–Trinajstić information content (AvgIpc) is 1.25. The third-order valence-electron chi connectivity index (χ3n) is 0.850. The van der Waals surface area contributed by atoms with Crippen LogP contribution in [-0.4, -0.2) is 2.69 Å². The highest BCUT2D eigenvalue weighted by molar-refractivity contribution is 9.26. The highest BCUT2D eigenvalue weighted by Crippen LogP contribution is 2.46. The highest BCUT2D eigenvalue weighted by atomic mass is 79.9. The van der Waals surface area contributed by atoms with Gasteiger partial charge in [-0.3, -0.25) is 0 Å². The van der Waals surface area contributed by atoms with Crippen molar-refractivity contribution in [3.8, 4) is 0 Å². The summed E-state index contributed by atoms with van der Waals surface area (Å²) in [7, 11) is 0. The van der Waals surface area contributed by atoms with Crippen molar-refractivity contribution >= 4 is 43.5 Å². The fourth-order valence-electron chi connectivity index (χ4n) is 0. The monoisotopic (exact) mass is 262 g/mol. The average molecular weight is 264 g/mol. The minimum atomic E-state index is -0.465. The van der Waals surface area contributed by atoms with Crippen molar-refractivity contribution in [1.29, 1.82) is 0 Å². The van der Waals surface area contributed by atoms with Gasteiger partial charge in [-0.1, -0.05) is 64.2 Å². The largest absolute Gasteiger partial charge is 0.158 e. The van der Waals surface area contributed by atoms with Crippen LogP contribution in [-0.2, 0) is 0 Å². The van der Waals surface area contributed by atoms with Gasteiger partial charge in [0.25, 0.3) is 0 Å². The molecule has 0 N–H and O–H groups in total. The Hall–Kier alpha value is 1.25. The minimum Gasteiger partial charge on any atom is -0.0934 e. The van der Waals surface area contributed by atoms with E-state index in [0.29, 0.717) is 0 Å². The van der Waals surface area contributed by atoms with Gasteiger partial charge in [-0.2, -0.15) is 0 Å². The van der Waals surface area contributed by atoms with E-state index in [1.54, 1.807) is 0 Å². The number of hydrogen-bond donors (Lipinski definition) is 0. The molecule has 8 heavy (non-hydrogen) atoms. The lowest BCUT2D eigenvalue weighted by Crippen LogP contribution is -2.23. The molecule has 0 aromatic rings. The molecule has 0 saturated heterocycles. The Morgan fingerprint density at radius 1 is 1.12 bits per heavy atom. The van der Waals surface area contributed by atoms with Gasteiger partial charge < -0.3 is 0 Å². The van der Waals surface area contributed by atoms with E-state index in [9.17, 15) is 0 Å². The van der Waals surface area contributed by atoms with Crippen LogP contribution in [0.4, 0.5) is 0 Å². The predicted molar refractivity (Wildman–Crippen MR) is 45.9 cm³/mol. The van der Waals surface area contributed by atoms with Gasteiger partial charge in [0.1, 0.15) is 0 Å². The number of alkyl halides is 3. The lowest BCUT2D eigenvalue weighted by Gasteiger charge is -2.28. The molecule has 50 valence electrons. The van der Waals surface area contributed by atoms with Gasteiger partial charge in [-0.25, -0.2) is 0 Å². The van der Waals surface area contributed by atoms with Crippen molar-refractivity contribution < 1.29 is 0 Å². The van der Waals surface area contributed by atoms with E-state index >= 15 is 0 Å². The molecule has 0 atom stereocenters. The summed E-state index contributed by atoms with van der Waals surface area (Å²) < 4.78 is -0.465. The maximum Gasteiger partial charge on any atom is 0.158 e. The van der Waals surface area contributed by atoms with E-state index in [1.807, 2.05) is 20.8 Å². The molecule has 0 rings (SSSR count). The Morgan fingerprint density at radius 2 is 1.25 bits per heavy atom. The second-order valence-electron chi connectivity index (χ2n) is 2.75. The van der Waals surface area contributed by atoms with E-state index in [-0.39, 0.29) is 5.41 Å².